The molecule has 0 aromatic rings. The first kappa shape index (κ1) is 18.7. The highest BCUT2D eigenvalue weighted by Gasteiger charge is 2.25. The molecule has 0 aliphatic heterocycles. The molecule has 1 heteroatoms. The van der Waals surface area contributed by atoms with Crippen molar-refractivity contribution in [2.24, 2.45) is 17.8 Å². The SMILES string of the molecule is CC1CCCCC1.O=CC=C(C1CCCCC1)C1CCCCC1. The van der Waals surface area contributed by atoms with E-state index in [1.165, 1.54) is 102 Å². The van der Waals surface area contributed by atoms with Crippen LogP contribution in [0.4, 0.5) is 0 Å². The van der Waals surface area contributed by atoms with E-state index in [4.69, 9.17) is 0 Å². The lowest BCUT2D eigenvalue weighted by Gasteiger charge is -2.32. The lowest BCUT2D eigenvalue weighted by Crippen LogP contribution is -2.18. The molecular weight excluding hydrogens is 280 g/mol. The molecule has 0 heterocycles. The molecule has 0 unspecified atom stereocenters. The molecule has 0 spiro atoms. The van der Waals surface area contributed by atoms with Gasteiger partial charge in [-0.1, -0.05) is 83.1 Å². The minimum Gasteiger partial charge on any atom is -0.299 e. The predicted molar refractivity (Wildman–Crippen MR) is 99.5 cm³/mol. The third-order valence-corrected chi connectivity index (χ3v) is 6.31. The topological polar surface area (TPSA) is 17.1 Å². The van der Waals surface area contributed by atoms with E-state index >= 15 is 0 Å². The van der Waals surface area contributed by atoms with E-state index in [1.54, 1.807) is 0 Å². The summed E-state index contributed by atoms with van der Waals surface area (Å²) in [5, 5.41) is 0. The fourth-order valence-corrected chi connectivity index (χ4v) is 4.86. The van der Waals surface area contributed by atoms with Crippen molar-refractivity contribution in [2.75, 3.05) is 0 Å². The van der Waals surface area contributed by atoms with Crippen molar-refractivity contribution in [1.82, 2.24) is 0 Å². The van der Waals surface area contributed by atoms with Crippen LogP contribution in [0.3, 0.4) is 0 Å². The molecule has 3 rings (SSSR count). The molecule has 1 nitrogen and oxygen atoms in total. The minimum absolute atomic E-state index is 0.738. The number of hydrogen-bond donors (Lipinski definition) is 0. The van der Waals surface area contributed by atoms with E-state index < -0.39 is 0 Å². The van der Waals surface area contributed by atoms with Crippen molar-refractivity contribution >= 4 is 6.29 Å². The predicted octanol–water partition coefficient (Wildman–Crippen LogP) is 6.86. The van der Waals surface area contributed by atoms with Crippen LogP contribution in [0.2, 0.25) is 0 Å². The van der Waals surface area contributed by atoms with Gasteiger partial charge in [-0.15, -0.1) is 0 Å². The van der Waals surface area contributed by atoms with Gasteiger partial charge in [0.2, 0.25) is 0 Å². The zero-order valence-electron chi connectivity index (χ0n) is 15.4. The Hall–Kier alpha value is -0.590. The van der Waals surface area contributed by atoms with Gasteiger partial charge in [0.1, 0.15) is 6.29 Å². The summed E-state index contributed by atoms with van der Waals surface area (Å²) in [6.45, 7) is 2.36. The number of aldehydes is 1. The molecular formula is C22H38O. The maximum atomic E-state index is 10.8. The molecule has 0 amide bonds. The molecule has 0 atom stereocenters. The fourth-order valence-electron chi connectivity index (χ4n) is 4.86. The Labute approximate surface area is 144 Å². The van der Waals surface area contributed by atoms with Crippen LogP contribution in [0, 0.1) is 17.8 Å². The smallest absolute Gasteiger partial charge is 0.142 e. The van der Waals surface area contributed by atoms with Crippen molar-refractivity contribution < 1.29 is 4.79 Å². The van der Waals surface area contributed by atoms with Crippen molar-refractivity contribution in [3.8, 4) is 0 Å². The van der Waals surface area contributed by atoms with Crippen LogP contribution < -0.4 is 0 Å². The van der Waals surface area contributed by atoms with Gasteiger partial charge in [0.15, 0.2) is 0 Å². The van der Waals surface area contributed by atoms with Gasteiger partial charge in [-0.05, 0) is 49.5 Å². The molecule has 0 bridgehead atoms. The van der Waals surface area contributed by atoms with E-state index in [2.05, 4.69) is 6.92 Å². The second kappa shape index (κ2) is 11.0. The van der Waals surface area contributed by atoms with Gasteiger partial charge >= 0.3 is 0 Å². The molecule has 0 aromatic carbocycles. The molecule has 3 aliphatic carbocycles. The second-order valence-electron chi connectivity index (χ2n) is 8.22. The fraction of sp³-hybridized carbons (Fsp3) is 0.864. The molecule has 0 N–H and O–H groups in total. The Morgan fingerprint density at radius 1 is 0.652 bits per heavy atom. The molecule has 3 saturated carbocycles. The summed E-state index contributed by atoms with van der Waals surface area (Å²) in [4.78, 5) is 10.8. The normalized spacial score (nSPS) is 24.4. The monoisotopic (exact) mass is 318 g/mol. The van der Waals surface area contributed by atoms with Gasteiger partial charge in [0, 0.05) is 0 Å². The first-order valence-electron chi connectivity index (χ1n) is 10.5. The van der Waals surface area contributed by atoms with Gasteiger partial charge in [-0.3, -0.25) is 4.79 Å². The third kappa shape index (κ3) is 6.81. The van der Waals surface area contributed by atoms with E-state index in [1.807, 2.05) is 6.08 Å². The van der Waals surface area contributed by atoms with Crippen LogP contribution in [-0.4, -0.2) is 6.29 Å². The van der Waals surface area contributed by atoms with Gasteiger partial charge in [0.05, 0.1) is 0 Å². The van der Waals surface area contributed by atoms with E-state index in [0.29, 0.717) is 0 Å². The van der Waals surface area contributed by atoms with Crippen LogP contribution in [0.25, 0.3) is 0 Å². The molecule has 0 radical (unpaired) electrons. The summed E-state index contributed by atoms with van der Waals surface area (Å²) >= 11 is 0. The minimum atomic E-state index is 0.738. The summed E-state index contributed by atoms with van der Waals surface area (Å²) in [6.07, 6.45) is 24.0. The Morgan fingerprint density at radius 3 is 1.35 bits per heavy atom. The maximum Gasteiger partial charge on any atom is 0.142 e. The quantitative estimate of drug-likeness (QED) is 0.410. The molecule has 3 fully saturated rings. The summed E-state index contributed by atoms with van der Waals surface area (Å²) in [5.74, 6) is 2.51. The van der Waals surface area contributed by atoms with Crippen molar-refractivity contribution in [3.05, 3.63) is 11.6 Å². The van der Waals surface area contributed by atoms with E-state index in [0.717, 1.165) is 24.0 Å². The highest BCUT2D eigenvalue weighted by molar-refractivity contribution is 5.66. The number of carbonyl (C=O) groups is 1. The van der Waals surface area contributed by atoms with E-state index in [-0.39, 0.29) is 0 Å². The Morgan fingerprint density at radius 2 is 1.04 bits per heavy atom. The van der Waals surface area contributed by atoms with Gasteiger partial charge in [-0.25, -0.2) is 0 Å². The lowest BCUT2D eigenvalue weighted by molar-refractivity contribution is -0.104. The second-order valence-corrected chi connectivity index (χ2v) is 8.22. The summed E-state index contributed by atoms with van der Waals surface area (Å²) in [6, 6.07) is 0. The number of carbonyl (C=O) groups excluding carboxylic acids is 1. The van der Waals surface area contributed by atoms with Crippen molar-refractivity contribution in [2.45, 2.75) is 103 Å². The van der Waals surface area contributed by atoms with E-state index in [9.17, 15) is 4.79 Å². The van der Waals surface area contributed by atoms with Crippen molar-refractivity contribution in [3.63, 3.8) is 0 Å². The Balaban J connectivity index is 0.000000229. The average Bonchev–Trinajstić information content (AvgIpc) is 2.62. The van der Waals surface area contributed by atoms with Crippen molar-refractivity contribution in [1.29, 1.82) is 0 Å². The molecule has 23 heavy (non-hydrogen) atoms. The average molecular weight is 319 g/mol. The third-order valence-electron chi connectivity index (χ3n) is 6.31. The molecule has 0 aromatic heterocycles. The number of rotatable bonds is 3. The zero-order valence-corrected chi connectivity index (χ0v) is 15.4. The lowest BCUT2D eigenvalue weighted by atomic mass is 9.73. The summed E-state index contributed by atoms with van der Waals surface area (Å²) in [7, 11) is 0. The summed E-state index contributed by atoms with van der Waals surface area (Å²) < 4.78 is 0. The van der Waals surface area contributed by atoms with Crippen LogP contribution in [-0.2, 0) is 4.79 Å². The highest BCUT2D eigenvalue weighted by atomic mass is 16.1. The van der Waals surface area contributed by atoms with Crippen LogP contribution >= 0.6 is 0 Å². The van der Waals surface area contributed by atoms with Crippen LogP contribution in [0.1, 0.15) is 103 Å². The first-order chi connectivity index (χ1) is 11.3. The number of allylic oxidation sites excluding steroid dienone is 2. The highest BCUT2D eigenvalue weighted by Crippen LogP contribution is 2.39. The molecule has 0 saturated heterocycles. The summed E-state index contributed by atoms with van der Waals surface area (Å²) in [5.41, 5.74) is 1.51. The zero-order chi connectivity index (χ0) is 16.3. The van der Waals surface area contributed by atoms with Crippen LogP contribution in [0.15, 0.2) is 11.6 Å². The molecule has 3 aliphatic rings. The maximum absolute atomic E-state index is 10.8. The van der Waals surface area contributed by atoms with Crippen LogP contribution in [0.5, 0.6) is 0 Å². The Bertz CT molecular complexity index is 319. The van der Waals surface area contributed by atoms with Gasteiger partial charge < -0.3 is 0 Å². The first-order valence-corrected chi connectivity index (χ1v) is 10.5. The van der Waals surface area contributed by atoms with Gasteiger partial charge in [0.25, 0.3) is 0 Å². The number of hydrogen-bond acceptors (Lipinski definition) is 1. The standard InChI is InChI=1S/C15H24O.C7H14/c16-12-11-15(13-7-3-1-4-8-13)14-9-5-2-6-10-14;1-7-5-3-2-4-6-7/h11-14H,1-10H2;7H,2-6H2,1H3. The Kier molecular flexibility index (Phi) is 9.01. The van der Waals surface area contributed by atoms with Gasteiger partial charge in [-0.2, -0.15) is 0 Å². The molecule has 132 valence electrons. The largest absolute Gasteiger partial charge is 0.299 e.